The minimum atomic E-state index is 0.000517. The topological polar surface area (TPSA) is 41.1 Å². The highest BCUT2D eigenvalue weighted by Gasteiger charge is 2.15. The maximum absolute atomic E-state index is 4.59. The van der Waals surface area contributed by atoms with Crippen molar-refractivity contribution in [2.45, 2.75) is 45.6 Å². The molecule has 0 atom stereocenters. The first kappa shape index (κ1) is 12.1. The summed E-state index contributed by atoms with van der Waals surface area (Å²) in [6.45, 7) is 8.58. The van der Waals surface area contributed by atoms with Crippen LogP contribution in [0.4, 0.5) is 11.8 Å². The van der Waals surface area contributed by atoms with Crippen LogP contribution in [-0.2, 0) is 0 Å². The maximum Gasteiger partial charge on any atom is 0.225 e. The van der Waals surface area contributed by atoms with E-state index in [2.05, 4.69) is 41.0 Å². The molecule has 0 bridgehead atoms. The Kier molecular flexibility index (Phi) is 3.50. The summed E-state index contributed by atoms with van der Waals surface area (Å²) in [5.41, 5.74) is 0.000517. The number of hydrogen-bond acceptors (Lipinski definition) is 4. The molecule has 0 saturated carbocycles. The molecule has 0 unspecified atom stereocenters. The predicted molar refractivity (Wildman–Crippen MR) is 71.5 cm³/mol. The van der Waals surface area contributed by atoms with Crippen LogP contribution in [0.5, 0.6) is 0 Å². The predicted octanol–water partition coefficient (Wildman–Crippen LogP) is 2.68. The SMILES string of the molecule is CC(C)(C)Nc1nccc(N2CCCCC2)n1. The molecule has 1 saturated heterocycles. The second-order valence-corrected chi connectivity index (χ2v) is 5.66. The van der Waals surface area contributed by atoms with Crippen molar-refractivity contribution in [1.29, 1.82) is 0 Å². The molecule has 2 heterocycles. The van der Waals surface area contributed by atoms with Gasteiger partial charge < -0.3 is 10.2 Å². The van der Waals surface area contributed by atoms with Crippen molar-refractivity contribution >= 4 is 11.8 Å². The zero-order valence-corrected chi connectivity index (χ0v) is 11.0. The zero-order valence-electron chi connectivity index (χ0n) is 11.0. The average Bonchev–Trinajstić information content (AvgIpc) is 2.28. The van der Waals surface area contributed by atoms with E-state index in [4.69, 9.17) is 0 Å². The van der Waals surface area contributed by atoms with Crippen molar-refractivity contribution < 1.29 is 0 Å². The number of piperidine rings is 1. The van der Waals surface area contributed by atoms with E-state index < -0.39 is 0 Å². The lowest BCUT2D eigenvalue weighted by molar-refractivity contribution is 0.572. The fourth-order valence-corrected chi connectivity index (χ4v) is 2.04. The molecular weight excluding hydrogens is 212 g/mol. The molecule has 1 aliphatic heterocycles. The van der Waals surface area contributed by atoms with Crippen molar-refractivity contribution in [3.05, 3.63) is 12.3 Å². The average molecular weight is 234 g/mol. The van der Waals surface area contributed by atoms with Crippen LogP contribution in [0.15, 0.2) is 12.3 Å². The van der Waals surface area contributed by atoms with Crippen molar-refractivity contribution in [1.82, 2.24) is 9.97 Å². The molecule has 4 heteroatoms. The summed E-state index contributed by atoms with van der Waals surface area (Å²) in [5, 5.41) is 3.31. The van der Waals surface area contributed by atoms with Crippen LogP contribution in [0, 0.1) is 0 Å². The summed E-state index contributed by atoms with van der Waals surface area (Å²) in [6, 6.07) is 2.00. The maximum atomic E-state index is 4.59. The Morgan fingerprint density at radius 1 is 1.18 bits per heavy atom. The van der Waals surface area contributed by atoms with Crippen LogP contribution < -0.4 is 10.2 Å². The summed E-state index contributed by atoms with van der Waals surface area (Å²) >= 11 is 0. The minimum absolute atomic E-state index is 0.000517. The van der Waals surface area contributed by atoms with Gasteiger partial charge in [0, 0.05) is 24.8 Å². The third-order valence-electron chi connectivity index (χ3n) is 2.81. The highest BCUT2D eigenvalue weighted by molar-refractivity contribution is 5.43. The Hall–Kier alpha value is -1.32. The second-order valence-electron chi connectivity index (χ2n) is 5.66. The molecule has 2 rings (SSSR count). The van der Waals surface area contributed by atoms with Gasteiger partial charge in [-0.3, -0.25) is 0 Å². The van der Waals surface area contributed by atoms with E-state index in [0.29, 0.717) is 0 Å². The highest BCUT2D eigenvalue weighted by Crippen LogP contribution is 2.19. The van der Waals surface area contributed by atoms with Gasteiger partial charge in [-0.1, -0.05) is 0 Å². The summed E-state index contributed by atoms with van der Waals surface area (Å²) in [5.74, 6) is 1.77. The number of nitrogens with one attached hydrogen (secondary N) is 1. The standard InChI is InChI=1S/C13H22N4/c1-13(2,3)16-12-14-8-7-11(15-12)17-9-5-4-6-10-17/h7-8H,4-6,9-10H2,1-3H3,(H,14,15,16). The Morgan fingerprint density at radius 2 is 1.88 bits per heavy atom. The number of aromatic nitrogens is 2. The van der Waals surface area contributed by atoms with Gasteiger partial charge in [-0.2, -0.15) is 4.98 Å². The van der Waals surface area contributed by atoms with Gasteiger partial charge in [0.2, 0.25) is 5.95 Å². The van der Waals surface area contributed by atoms with Gasteiger partial charge in [-0.15, -0.1) is 0 Å². The number of anilines is 2. The largest absolute Gasteiger partial charge is 0.356 e. The van der Waals surface area contributed by atoms with E-state index in [1.165, 1.54) is 19.3 Å². The molecule has 94 valence electrons. The number of hydrogen-bond donors (Lipinski definition) is 1. The molecular formula is C13H22N4. The first-order chi connectivity index (χ1) is 8.04. The van der Waals surface area contributed by atoms with Crippen molar-refractivity contribution in [2.75, 3.05) is 23.3 Å². The molecule has 0 aromatic carbocycles. The van der Waals surface area contributed by atoms with Crippen LogP contribution in [0.3, 0.4) is 0 Å². The lowest BCUT2D eigenvalue weighted by Gasteiger charge is -2.28. The highest BCUT2D eigenvalue weighted by atomic mass is 15.2. The van der Waals surface area contributed by atoms with Gasteiger partial charge in [0.25, 0.3) is 0 Å². The molecule has 17 heavy (non-hydrogen) atoms. The first-order valence-electron chi connectivity index (χ1n) is 6.41. The molecule has 1 aliphatic rings. The lowest BCUT2D eigenvalue weighted by Crippen LogP contribution is -2.31. The normalized spacial score (nSPS) is 17.0. The van der Waals surface area contributed by atoms with Crippen molar-refractivity contribution in [3.63, 3.8) is 0 Å². The van der Waals surface area contributed by atoms with E-state index in [9.17, 15) is 0 Å². The van der Waals surface area contributed by atoms with E-state index >= 15 is 0 Å². The van der Waals surface area contributed by atoms with E-state index in [-0.39, 0.29) is 5.54 Å². The van der Waals surface area contributed by atoms with Crippen LogP contribution in [0.25, 0.3) is 0 Å². The summed E-state index contributed by atoms with van der Waals surface area (Å²) in [6.07, 6.45) is 5.72. The van der Waals surface area contributed by atoms with Gasteiger partial charge >= 0.3 is 0 Å². The Morgan fingerprint density at radius 3 is 2.53 bits per heavy atom. The third kappa shape index (κ3) is 3.58. The van der Waals surface area contributed by atoms with Crippen LogP contribution in [-0.4, -0.2) is 28.6 Å². The van der Waals surface area contributed by atoms with E-state index in [0.717, 1.165) is 24.9 Å². The molecule has 1 N–H and O–H groups in total. The van der Waals surface area contributed by atoms with E-state index in [1.54, 1.807) is 0 Å². The molecule has 0 radical (unpaired) electrons. The van der Waals surface area contributed by atoms with Gasteiger partial charge in [0.05, 0.1) is 0 Å². The van der Waals surface area contributed by atoms with Crippen LogP contribution in [0.1, 0.15) is 40.0 Å². The van der Waals surface area contributed by atoms with Gasteiger partial charge in [0.15, 0.2) is 0 Å². The molecule has 1 aromatic heterocycles. The number of nitrogens with zero attached hydrogens (tertiary/aromatic N) is 3. The monoisotopic (exact) mass is 234 g/mol. The van der Waals surface area contributed by atoms with Gasteiger partial charge in [-0.05, 0) is 46.1 Å². The molecule has 0 amide bonds. The quantitative estimate of drug-likeness (QED) is 0.854. The van der Waals surface area contributed by atoms with Crippen LogP contribution >= 0.6 is 0 Å². The smallest absolute Gasteiger partial charge is 0.225 e. The first-order valence-corrected chi connectivity index (χ1v) is 6.41. The zero-order chi connectivity index (χ0) is 12.3. The van der Waals surface area contributed by atoms with Crippen molar-refractivity contribution in [3.8, 4) is 0 Å². The molecule has 4 nitrogen and oxygen atoms in total. The molecule has 1 aromatic rings. The molecule has 0 spiro atoms. The fourth-order valence-electron chi connectivity index (χ4n) is 2.04. The summed E-state index contributed by atoms with van der Waals surface area (Å²) < 4.78 is 0. The molecule has 1 fully saturated rings. The third-order valence-corrected chi connectivity index (χ3v) is 2.81. The number of rotatable bonds is 2. The minimum Gasteiger partial charge on any atom is -0.356 e. The fraction of sp³-hybridized carbons (Fsp3) is 0.692. The summed E-state index contributed by atoms with van der Waals surface area (Å²) in [7, 11) is 0. The van der Waals surface area contributed by atoms with E-state index in [1.807, 2.05) is 12.3 Å². The lowest BCUT2D eigenvalue weighted by atomic mass is 10.1. The Bertz CT molecular complexity index is 364. The second kappa shape index (κ2) is 4.90. The summed E-state index contributed by atoms with van der Waals surface area (Å²) in [4.78, 5) is 11.2. The van der Waals surface area contributed by atoms with Crippen LogP contribution in [0.2, 0.25) is 0 Å². The Labute approximate surface area is 103 Å². The van der Waals surface area contributed by atoms with Gasteiger partial charge in [-0.25, -0.2) is 4.98 Å². The Balaban J connectivity index is 2.10. The van der Waals surface area contributed by atoms with Gasteiger partial charge in [0.1, 0.15) is 5.82 Å². The molecule has 0 aliphatic carbocycles. The van der Waals surface area contributed by atoms with Crippen molar-refractivity contribution in [2.24, 2.45) is 0 Å².